The molecule has 4 amide bonds. The quantitative estimate of drug-likeness (QED) is 0.594. The first-order chi connectivity index (χ1) is 14.6. The Kier molecular flexibility index (Phi) is 6.80. The molecule has 1 fully saturated rings. The standard InChI is InChI=1S/C20H20ClF2N3O4S/c1-3-25(10-14-8-9-15(21)31-14)16(27)11-26-17(28)20(2,24-19(26)29)12-4-6-13(7-5-12)30-18(22)23/h4-9,18H,3,10-11H2,1-2H3,(H,24,29). The number of hydrogen-bond acceptors (Lipinski definition) is 5. The SMILES string of the molecule is CCN(Cc1ccc(Cl)s1)C(=O)CN1C(=O)NC(C)(c2ccc(OC(F)F)cc2)C1=O. The first-order valence-corrected chi connectivity index (χ1v) is 10.5. The van der Waals surface area contributed by atoms with Gasteiger partial charge in [-0.15, -0.1) is 11.3 Å². The van der Waals surface area contributed by atoms with Crippen LogP contribution in [0.25, 0.3) is 0 Å². The highest BCUT2D eigenvalue weighted by Gasteiger charge is 2.49. The molecule has 0 aliphatic carbocycles. The van der Waals surface area contributed by atoms with E-state index in [4.69, 9.17) is 11.6 Å². The van der Waals surface area contributed by atoms with Gasteiger partial charge in [0, 0.05) is 11.4 Å². The number of halogens is 3. The molecule has 31 heavy (non-hydrogen) atoms. The van der Waals surface area contributed by atoms with Gasteiger partial charge in [-0.3, -0.25) is 14.5 Å². The molecule has 1 aromatic heterocycles. The van der Waals surface area contributed by atoms with Crippen LogP contribution in [0.1, 0.15) is 24.3 Å². The number of amides is 4. The molecule has 0 radical (unpaired) electrons. The van der Waals surface area contributed by atoms with Crippen LogP contribution in [0, 0.1) is 0 Å². The fourth-order valence-electron chi connectivity index (χ4n) is 3.24. The van der Waals surface area contributed by atoms with Crippen molar-refractivity contribution in [3.05, 3.63) is 51.2 Å². The summed E-state index contributed by atoms with van der Waals surface area (Å²) in [4.78, 5) is 41.5. The lowest BCUT2D eigenvalue weighted by molar-refractivity contribution is -0.139. The minimum atomic E-state index is -2.97. The van der Waals surface area contributed by atoms with Crippen molar-refractivity contribution in [2.24, 2.45) is 0 Å². The van der Waals surface area contributed by atoms with Crippen LogP contribution in [-0.2, 0) is 21.7 Å². The molecule has 3 rings (SSSR count). The highest BCUT2D eigenvalue weighted by Crippen LogP contribution is 2.30. The van der Waals surface area contributed by atoms with Crippen molar-refractivity contribution in [2.75, 3.05) is 13.1 Å². The van der Waals surface area contributed by atoms with E-state index in [1.165, 1.54) is 47.4 Å². The zero-order valence-corrected chi connectivity index (χ0v) is 18.3. The van der Waals surface area contributed by atoms with Crippen LogP contribution >= 0.6 is 22.9 Å². The fraction of sp³-hybridized carbons (Fsp3) is 0.350. The minimum Gasteiger partial charge on any atom is -0.435 e. The summed E-state index contributed by atoms with van der Waals surface area (Å²) in [6.07, 6.45) is 0. The molecule has 0 spiro atoms. The molecule has 1 saturated heterocycles. The monoisotopic (exact) mass is 471 g/mol. The number of thiophene rings is 1. The Bertz CT molecular complexity index is 985. The van der Waals surface area contributed by atoms with E-state index >= 15 is 0 Å². The van der Waals surface area contributed by atoms with Crippen LogP contribution in [0.15, 0.2) is 36.4 Å². The Balaban J connectivity index is 1.72. The summed E-state index contributed by atoms with van der Waals surface area (Å²) in [5.41, 5.74) is -1.05. The van der Waals surface area contributed by atoms with Crippen LogP contribution < -0.4 is 10.1 Å². The lowest BCUT2D eigenvalue weighted by Crippen LogP contribution is -2.44. The number of urea groups is 1. The number of alkyl halides is 2. The van der Waals surface area contributed by atoms with Crippen LogP contribution in [0.4, 0.5) is 13.6 Å². The number of ether oxygens (including phenoxy) is 1. The van der Waals surface area contributed by atoms with E-state index in [-0.39, 0.29) is 11.7 Å². The predicted molar refractivity (Wildman–Crippen MR) is 111 cm³/mol. The van der Waals surface area contributed by atoms with Crippen LogP contribution in [0.3, 0.4) is 0 Å². The van der Waals surface area contributed by atoms with Crippen molar-refractivity contribution in [2.45, 2.75) is 32.5 Å². The van der Waals surface area contributed by atoms with Crippen molar-refractivity contribution >= 4 is 40.8 Å². The van der Waals surface area contributed by atoms with Crippen molar-refractivity contribution in [3.8, 4) is 5.75 Å². The maximum Gasteiger partial charge on any atom is 0.387 e. The van der Waals surface area contributed by atoms with Crippen molar-refractivity contribution < 1.29 is 27.9 Å². The van der Waals surface area contributed by atoms with Gasteiger partial charge >= 0.3 is 12.6 Å². The summed E-state index contributed by atoms with van der Waals surface area (Å²) < 4.78 is 29.6. The molecular weight excluding hydrogens is 452 g/mol. The zero-order valence-electron chi connectivity index (χ0n) is 16.7. The molecule has 0 saturated carbocycles. The van der Waals surface area contributed by atoms with E-state index < -0.39 is 30.6 Å². The molecule has 1 aliphatic rings. The average molecular weight is 472 g/mol. The zero-order chi connectivity index (χ0) is 22.8. The van der Waals surface area contributed by atoms with Crippen LogP contribution in [0.2, 0.25) is 4.34 Å². The third-order valence-electron chi connectivity index (χ3n) is 4.94. The normalized spacial score (nSPS) is 18.5. The number of rotatable bonds is 8. The van der Waals surface area contributed by atoms with Crippen molar-refractivity contribution in [3.63, 3.8) is 0 Å². The number of likely N-dealkylation sites (N-methyl/N-ethyl adjacent to an activating group) is 1. The van der Waals surface area contributed by atoms with E-state index in [2.05, 4.69) is 10.1 Å². The number of nitrogens with zero attached hydrogens (tertiary/aromatic N) is 2. The molecule has 1 N–H and O–H groups in total. The smallest absolute Gasteiger partial charge is 0.387 e. The maximum absolute atomic E-state index is 13.0. The third kappa shape index (κ3) is 4.96. The first-order valence-electron chi connectivity index (χ1n) is 9.35. The molecule has 2 aromatic rings. The summed E-state index contributed by atoms with van der Waals surface area (Å²) >= 11 is 7.28. The summed E-state index contributed by atoms with van der Waals surface area (Å²) in [6, 6.07) is 8.25. The highest BCUT2D eigenvalue weighted by atomic mass is 35.5. The summed E-state index contributed by atoms with van der Waals surface area (Å²) in [6.45, 7) is 0.611. The molecule has 2 heterocycles. The van der Waals surface area contributed by atoms with E-state index in [1.807, 2.05) is 6.07 Å². The number of carbonyl (C=O) groups excluding carboxylic acids is 3. The van der Waals surface area contributed by atoms with Gasteiger partial charge in [-0.05, 0) is 43.7 Å². The van der Waals surface area contributed by atoms with E-state index in [9.17, 15) is 23.2 Å². The molecule has 1 unspecified atom stereocenters. The van der Waals surface area contributed by atoms with Gasteiger partial charge in [-0.25, -0.2) is 4.79 Å². The van der Waals surface area contributed by atoms with Gasteiger partial charge < -0.3 is 15.0 Å². The number of carbonyl (C=O) groups is 3. The first kappa shape index (κ1) is 23.0. The van der Waals surface area contributed by atoms with Crippen LogP contribution in [-0.4, -0.2) is 47.3 Å². The van der Waals surface area contributed by atoms with Crippen LogP contribution in [0.5, 0.6) is 5.75 Å². The van der Waals surface area contributed by atoms with Gasteiger partial charge in [0.25, 0.3) is 5.91 Å². The number of benzene rings is 1. The second-order valence-electron chi connectivity index (χ2n) is 6.96. The molecular formula is C20H20ClF2N3O4S. The lowest BCUT2D eigenvalue weighted by Gasteiger charge is -2.24. The maximum atomic E-state index is 13.0. The largest absolute Gasteiger partial charge is 0.435 e. The Morgan fingerprint density at radius 3 is 2.48 bits per heavy atom. The van der Waals surface area contributed by atoms with Gasteiger partial charge in [0.1, 0.15) is 17.8 Å². The molecule has 0 bridgehead atoms. The average Bonchev–Trinajstić information content (AvgIpc) is 3.22. The highest BCUT2D eigenvalue weighted by molar-refractivity contribution is 7.16. The number of nitrogens with one attached hydrogen (secondary N) is 1. The minimum absolute atomic E-state index is 0.0709. The molecule has 7 nitrogen and oxygen atoms in total. The van der Waals surface area contributed by atoms with Gasteiger partial charge in [0.2, 0.25) is 5.91 Å². The Labute approximate surface area is 186 Å². The van der Waals surface area contributed by atoms with Gasteiger partial charge in [0.05, 0.1) is 10.9 Å². The van der Waals surface area contributed by atoms with E-state index in [0.29, 0.717) is 23.0 Å². The van der Waals surface area contributed by atoms with Gasteiger partial charge in [-0.2, -0.15) is 8.78 Å². The summed E-state index contributed by atoms with van der Waals surface area (Å²) in [5.74, 6) is -1.07. The van der Waals surface area contributed by atoms with E-state index in [0.717, 1.165) is 9.78 Å². The number of imide groups is 1. The van der Waals surface area contributed by atoms with Crippen molar-refractivity contribution in [1.29, 1.82) is 0 Å². The fourth-order valence-corrected chi connectivity index (χ4v) is 4.35. The topological polar surface area (TPSA) is 79.0 Å². The summed E-state index contributed by atoms with van der Waals surface area (Å²) in [7, 11) is 0. The second-order valence-corrected chi connectivity index (χ2v) is 8.76. The Morgan fingerprint density at radius 2 is 1.94 bits per heavy atom. The van der Waals surface area contributed by atoms with Crippen molar-refractivity contribution in [1.82, 2.24) is 15.1 Å². The second kappa shape index (κ2) is 9.19. The molecule has 1 aromatic carbocycles. The Hall–Kier alpha value is -2.72. The molecule has 166 valence electrons. The van der Waals surface area contributed by atoms with Gasteiger partial charge in [0.15, 0.2) is 0 Å². The van der Waals surface area contributed by atoms with Gasteiger partial charge in [-0.1, -0.05) is 23.7 Å². The number of hydrogen-bond donors (Lipinski definition) is 1. The molecule has 1 atom stereocenters. The molecule has 11 heteroatoms. The predicted octanol–water partition coefficient (Wildman–Crippen LogP) is 3.82. The lowest BCUT2D eigenvalue weighted by atomic mass is 9.92. The van der Waals surface area contributed by atoms with E-state index in [1.54, 1.807) is 13.0 Å². The summed E-state index contributed by atoms with van der Waals surface area (Å²) in [5, 5.41) is 2.58. The third-order valence-corrected chi connectivity index (χ3v) is 6.15. The Morgan fingerprint density at radius 1 is 1.26 bits per heavy atom. The molecule has 1 aliphatic heterocycles.